The molecule has 1 rings (SSSR count). The van der Waals surface area contributed by atoms with E-state index in [4.69, 9.17) is 11.0 Å². The molecular weight excluding hydrogens is 155 g/mol. The van der Waals surface area contributed by atoms with Gasteiger partial charge in [0, 0.05) is 0 Å². The van der Waals surface area contributed by atoms with E-state index in [1.165, 1.54) is 0 Å². The SMILES string of the molecule is N#Cc1ccc([C@@H](N)CF)cc1. The zero-order chi connectivity index (χ0) is 8.97. The van der Waals surface area contributed by atoms with Gasteiger partial charge in [-0.15, -0.1) is 0 Å². The Hall–Kier alpha value is -1.40. The van der Waals surface area contributed by atoms with Crippen LogP contribution in [0.3, 0.4) is 0 Å². The quantitative estimate of drug-likeness (QED) is 0.720. The summed E-state index contributed by atoms with van der Waals surface area (Å²) in [5.74, 6) is 0. The van der Waals surface area contributed by atoms with Crippen LogP contribution in [0.15, 0.2) is 24.3 Å². The first-order valence-electron chi connectivity index (χ1n) is 3.59. The van der Waals surface area contributed by atoms with Crippen LogP contribution in [-0.2, 0) is 0 Å². The Labute approximate surface area is 70.4 Å². The van der Waals surface area contributed by atoms with Crippen molar-refractivity contribution >= 4 is 0 Å². The van der Waals surface area contributed by atoms with Gasteiger partial charge in [-0.2, -0.15) is 5.26 Å². The van der Waals surface area contributed by atoms with Gasteiger partial charge in [0.15, 0.2) is 0 Å². The van der Waals surface area contributed by atoms with Crippen LogP contribution in [0.5, 0.6) is 0 Å². The van der Waals surface area contributed by atoms with Crippen molar-refractivity contribution in [2.24, 2.45) is 5.73 Å². The van der Waals surface area contributed by atoms with Crippen molar-refractivity contribution in [1.29, 1.82) is 5.26 Å². The average Bonchev–Trinajstić information content (AvgIpc) is 2.17. The number of rotatable bonds is 2. The molecule has 0 fully saturated rings. The number of hydrogen-bond acceptors (Lipinski definition) is 2. The van der Waals surface area contributed by atoms with E-state index >= 15 is 0 Å². The van der Waals surface area contributed by atoms with Crippen LogP contribution in [0.2, 0.25) is 0 Å². The molecule has 0 amide bonds. The first-order chi connectivity index (χ1) is 5.77. The van der Waals surface area contributed by atoms with Crippen molar-refractivity contribution in [2.45, 2.75) is 6.04 Å². The molecule has 1 aromatic rings. The Balaban J connectivity index is 2.86. The molecule has 0 aromatic heterocycles. The lowest BCUT2D eigenvalue weighted by Crippen LogP contribution is -2.11. The molecule has 3 heteroatoms. The normalized spacial score (nSPS) is 12.1. The summed E-state index contributed by atoms with van der Waals surface area (Å²) >= 11 is 0. The molecule has 2 nitrogen and oxygen atoms in total. The highest BCUT2D eigenvalue weighted by Gasteiger charge is 2.03. The van der Waals surface area contributed by atoms with Gasteiger partial charge in [-0.05, 0) is 17.7 Å². The van der Waals surface area contributed by atoms with Crippen LogP contribution in [0.25, 0.3) is 0 Å². The van der Waals surface area contributed by atoms with Crippen LogP contribution < -0.4 is 5.73 Å². The fourth-order valence-corrected chi connectivity index (χ4v) is 0.894. The third-order valence-corrected chi connectivity index (χ3v) is 1.63. The molecule has 2 N–H and O–H groups in total. The molecule has 0 saturated heterocycles. The molecule has 0 saturated carbocycles. The molecule has 1 atom stereocenters. The second-order valence-corrected chi connectivity index (χ2v) is 2.49. The van der Waals surface area contributed by atoms with Gasteiger partial charge in [0.25, 0.3) is 0 Å². The topological polar surface area (TPSA) is 49.8 Å². The molecule has 1 aromatic carbocycles. The van der Waals surface area contributed by atoms with Gasteiger partial charge in [-0.25, -0.2) is 4.39 Å². The third kappa shape index (κ3) is 1.80. The van der Waals surface area contributed by atoms with E-state index in [2.05, 4.69) is 0 Å². The van der Waals surface area contributed by atoms with Gasteiger partial charge in [0.05, 0.1) is 17.7 Å². The number of nitrogens with two attached hydrogens (primary N) is 1. The van der Waals surface area contributed by atoms with Gasteiger partial charge in [-0.3, -0.25) is 0 Å². The van der Waals surface area contributed by atoms with Crippen molar-refractivity contribution in [1.82, 2.24) is 0 Å². The van der Waals surface area contributed by atoms with Crippen molar-refractivity contribution < 1.29 is 4.39 Å². The Bertz CT molecular complexity index is 286. The molecule has 0 unspecified atom stereocenters. The lowest BCUT2D eigenvalue weighted by molar-refractivity contribution is 0.437. The smallest absolute Gasteiger partial charge is 0.109 e. The maximum atomic E-state index is 12.1. The summed E-state index contributed by atoms with van der Waals surface area (Å²) in [5.41, 5.74) is 6.71. The highest BCUT2D eigenvalue weighted by Crippen LogP contribution is 2.11. The molecular formula is C9H9FN2. The Morgan fingerprint density at radius 2 is 2.00 bits per heavy atom. The largest absolute Gasteiger partial charge is 0.322 e. The Morgan fingerprint density at radius 3 is 2.42 bits per heavy atom. The van der Waals surface area contributed by atoms with Gasteiger partial charge < -0.3 is 5.73 Å². The third-order valence-electron chi connectivity index (χ3n) is 1.63. The van der Waals surface area contributed by atoms with Crippen molar-refractivity contribution in [2.75, 3.05) is 6.67 Å². The van der Waals surface area contributed by atoms with Crippen molar-refractivity contribution in [3.63, 3.8) is 0 Å². The van der Waals surface area contributed by atoms with E-state index in [-0.39, 0.29) is 0 Å². The molecule has 62 valence electrons. The summed E-state index contributed by atoms with van der Waals surface area (Å²) in [7, 11) is 0. The number of nitrogens with zero attached hydrogens (tertiary/aromatic N) is 1. The minimum absolute atomic E-state index is 0.560. The Morgan fingerprint density at radius 1 is 1.42 bits per heavy atom. The molecule has 0 aliphatic carbocycles. The second-order valence-electron chi connectivity index (χ2n) is 2.49. The molecule has 0 spiro atoms. The molecule has 12 heavy (non-hydrogen) atoms. The highest BCUT2D eigenvalue weighted by molar-refractivity contribution is 5.32. The summed E-state index contributed by atoms with van der Waals surface area (Å²) in [6.45, 7) is -0.577. The van der Waals surface area contributed by atoms with E-state index in [0.29, 0.717) is 5.56 Å². The fourth-order valence-electron chi connectivity index (χ4n) is 0.894. The maximum absolute atomic E-state index is 12.1. The van der Waals surface area contributed by atoms with Gasteiger partial charge in [0.2, 0.25) is 0 Å². The number of hydrogen-bond donors (Lipinski definition) is 1. The molecule has 0 aliphatic heterocycles. The highest BCUT2D eigenvalue weighted by atomic mass is 19.1. The van der Waals surface area contributed by atoms with E-state index in [1.807, 2.05) is 6.07 Å². The van der Waals surface area contributed by atoms with E-state index in [9.17, 15) is 4.39 Å². The monoisotopic (exact) mass is 164 g/mol. The summed E-state index contributed by atoms with van der Waals surface area (Å²) in [4.78, 5) is 0. The van der Waals surface area contributed by atoms with Crippen LogP contribution >= 0.6 is 0 Å². The van der Waals surface area contributed by atoms with Gasteiger partial charge in [0.1, 0.15) is 6.67 Å². The molecule has 0 aliphatic rings. The van der Waals surface area contributed by atoms with Gasteiger partial charge >= 0.3 is 0 Å². The standard InChI is InChI=1S/C9H9FN2/c10-5-9(12)8-3-1-7(6-11)2-4-8/h1-4,9H,5,12H2/t9-/m0/s1. The van der Waals surface area contributed by atoms with Crippen LogP contribution in [-0.4, -0.2) is 6.67 Å². The summed E-state index contributed by atoms with van der Waals surface area (Å²) < 4.78 is 12.1. The number of benzene rings is 1. The first kappa shape index (κ1) is 8.69. The summed E-state index contributed by atoms with van der Waals surface area (Å²) in [6.07, 6.45) is 0. The maximum Gasteiger partial charge on any atom is 0.109 e. The fraction of sp³-hybridized carbons (Fsp3) is 0.222. The summed E-state index contributed by atoms with van der Waals surface area (Å²) in [6, 6.07) is 8.00. The minimum Gasteiger partial charge on any atom is -0.322 e. The predicted molar refractivity (Wildman–Crippen MR) is 44.1 cm³/mol. The van der Waals surface area contributed by atoms with E-state index < -0.39 is 12.7 Å². The van der Waals surface area contributed by atoms with Crippen LogP contribution in [0.4, 0.5) is 4.39 Å². The van der Waals surface area contributed by atoms with Crippen molar-refractivity contribution in [3.05, 3.63) is 35.4 Å². The number of halogens is 1. The number of alkyl halides is 1. The summed E-state index contributed by atoms with van der Waals surface area (Å²) in [5, 5.41) is 8.47. The van der Waals surface area contributed by atoms with E-state index in [0.717, 1.165) is 5.56 Å². The van der Waals surface area contributed by atoms with Crippen molar-refractivity contribution in [3.8, 4) is 6.07 Å². The lowest BCUT2D eigenvalue weighted by Gasteiger charge is -2.05. The van der Waals surface area contributed by atoms with Gasteiger partial charge in [-0.1, -0.05) is 12.1 Å². The molecule has 0 radical (unpaired) electrons. The minimum atomic E-state index is -0.577. The zero-order valence-corrected chi connectivity index (χ0v) is 6.50. The van der Waals surface area contributed by atoms with Crippen LogP contribution in [0.1, 0.15) is 17.2 Å². The predicted octanol–water partition coefficient (Wildman–Crippen LogP) is 1.53. The lowest BCUT2D eigenvalue weighted by atomic mass is 10.1. The second kappa shape index (κ2) is 3.84. The Kier molecular flexibility index (Phi) is 2.78. The zero-order valence-electron chi connectivity index (χ0n) is 6.50. The number of nitriles is 1. The first-order valence-corrected chi connectivity index (χ1v) is 3.59. The molecule has 0 heterocycles. The van der Waals surface area contributed by atoms with Crippen LogP contribution in [0, 0.1) is 11.3 Å². The average molecular weight is 164 g/mol. The molecule has 0 bridgehead atoms. The van der Waals surface area contributed by atoms with E-state index in [1.54, 1.807) is 24.3 Å².